The van der Waals surface area contributed by atoms with Gasteiger partial charge in [0.15, 0.2) is 5.65 Å². The molecule has 0 bridgehead atoms. The lowest BCUT2D eigenvalue weighted by Gasteiger charge is -2.22. The van der Waals surface area contributed by atoms with Crippen LogP contribution < -0.4 is 16.2 Å². The number of nitrogens with one attached hydrogen (secondary N) is 2. The summed E-state index contributed by atoms with van der Waals surface area (Å²) in [5.41, 5.74) is 3.39. The molecule has 3 aromatic rings. The highest BCUT2D eigenvalue weighted by Gasteiger charge is 2.24. The topological polar surface area (TPSA) is 80.4 Å². The van der Waals surface area contributed by atoms with Crippen LogP contribution >= 0.6 is 12.4 Å². The van der Waals surface area contributed by atoms with E-state index in [1.807, 2.05) is 11.5 Å². The average Bonchev–Trinajstić information content (AvgIpc) is 3.10. The average molecular weight is 406 g/mol. The second kappa shape index (κ2) is 7.73. The number of fused-ring (bicyclic) bond motifs is 2. The third-order valence-corrected chi connectivity index (χ3v) is 4.96. The van der Waals surface area contributed by atoms with E-state index in [-0.39, 0.29) is 29.7 Å². The molecule has 0 saturated heterocycles. The number of amides is 1. The van der Waals surface area contributed by atoms with Gasteiger partial charge in [0.05, 0.1) is 11.8 Å². The first-order chi connectivity index (χ1) is 13.0. The Kier molecular flexibility index (Phi) is 5.53. The molecule has 1 aliphatic heterocycles. The van der Waals surface area contributed by atoms with Crippen molar-refractivity contribution < 1.29 is 9.18 Å². The number of anilines is 1. The third-order valence-electron chi connectivity index (χ3n) is 4.96. The van der Waals surface area contributed by atoms with Crippen LogP contribution in [-0.4, -0.2) is 26.6 Å². The van der Waals surface area contributed by atoms with Crippen molar-refractivity contribution >= 4 is 29.6 Å². The SMILES string of the molecule is CCn1c2c(c(=O)n3ncc(C(=O)Nc4ccc(F)cc4C)c13)CNCC2.Cl. The number of carbonyl (C=O) groups excluding carboxylic acids is 1. The van der Waals surface area contributed by atoms with Gasteiger partial charge in [-0.05, 0) is 37.6 Å². The van der Waals surface area contributed by atoms with Crippen molar-refractivity contribution in [2.45, 2.75) is 33.4 Å². The molecule has 7 nitrogen and oxygen atoms in total. The van der Waals surface area contributed by atoms with Gasteiger partial charge in [0, 0.05) is 37.4 Å². The van der Waals surface area contributed by atoms with Gasteiger partial charge < -0.3 is 15.2 Å². The highest BCUT2D eigenvalue weighted by atomic mass is 35.5. The summed E-state index contributed by atoms with van der Waals surface area (Å²) in [6.45, 7) is 5.60. The molecule has 0 aliphatic carbocycles. The number of nitrogens with zero attached hydrogens (tertiary/aromatic N) is 3. The van der Waals surface area contributed by atoms with Gasteiger partial charge in [-0.3, -0.25) is 9.59 Å². The van der Waals surface area contributed by atoms with Gasteiger partial charge in [0.25, 0.3) is 11.5 Å². The van der Waals surface area contributed by atoms with E-state index in [2.05, 4.69) is 15.7 Å². The summed E-state index contributed by atoms with van der Waals surface area (Å²) in [4.78, 5) is 25.7. The lowest BCUT2D eigenvalue weighted by atomic mass is 10.1. The molecule has 1 aromatic carbocycles. The van der Waals surface area contributed by atoms with E-state index in [9.17, 15) is 14.0 Å². The molecule has 0 radical (unpaired) electrons. The van der Waals surface area contributed by atoms with Gasteiger partial charge in [-0.25, -0.2) is 4.39 Å². The predicted octanol–water partition coefficient (Wildman–Crippen LogP) is 2.28. The summed E-state index contributed by atoms with van der Waals surface area (Å²) < 4.78 is 16.6. The van der Waals surface area contributed by atoms with Crippen LogP contribution in [0.1, 0.15) is 34.1 Å². The molecule has 0 unspecified atom stereocenters. The number of rotatable bonds is 3. The second-order valence-electron chi connectivity index (χ2n) is 6.61. The first-order valence-electron chi connectivity index (χ1n) is 8.91. The molecule has 3 heterocycles. The maximum Gasteiger partial charge on any atom is 0.279 e. The largest absolute Gasteiger partial charge is 0.329 e. The van der Waals surface area contributed by atoms with Gasteiger partial charge in [-0.1, -0.05) is 0 Å². The van der Waals surface area contributed by atoms with Gasteiger partial charge in [0.1, 0.15) is 11.4 Å². The molecule has 1 aliphatic rings. The molecule has 0 spiro atoms. The van der Waals surface area contributed by atoms with Crippen molar-refractivity contribution in [3.05, 3.63) is 63.0 Å². The zero-order valence-electron chi connectivity index (χ0n) is 15.6. The fourth-order valence-electron chi connectivity index (χ4n) is 3.63. The minimum atomic E-state index is -0.379. The molecule has 0 atom stereocenters. The fourth-order valence-corrected chi connectivity index (χ4v) is 3.63. The lowest BCUT2D eigenvalue weighted by Crippen LogP contribution is -2.36. The molecular formula is C19H21ClFN5O2. The Hall–Kier alpha value is -2.71. The quantitative estimate of drug-likeness (QED) is 0.700. The van der Waals surface area contributed by atoms with Crippen LogP contribution in [0.3, 0.4) is 0 Å². The molecule has 4 rings (SSSR count). The molecule has 2 N–H and O–H groups in total. The molecule has 0 saturated carbocycles. The number of hydrogen-bond donors (Lipinski definition) is 2. The highest BCUT2D eigenvalue weighted by Crippen LogP contribution is 2.20. The summed E-state index contributed by atoms with van der Waals surface area (Å²) in [6, 6.07) is 4.18. The monoisotopic (exact) mass is 405 g/mol. The number of halogens is 2. The first kappa shape index (κ1) is 20.0. The van der Waals surface area contributed by atoms with Gasteiger partial charge in [0.2, 0.25) is 0 Å². The maximum absolute atomic E-state index is 13.3. The second-order valence-corrected chi connectivity index (χ2v) is 6.61. The van der Waals surface area contributed by atoms with Crippen LogP contribution in [0.2, 0.25) is 0 Å². The van der Waals surface area contributed by atoms with E-state index in [4.69, 9.17) is 0 Å². The lowest BCUT2D eigenvalue weighted by molar-refractivity contribution is 0.102. The van der Waals surface area contributed by atoms with Crippen molar-refractivity contribution in [3.63, 3.8) is 0 Å². The van der Waals surface area contributed by atoms with E-state index in [0.717, 1.165) is 18.7 Å². The van der Waals surface area contributed by atoms with Gasteiger partial charge in [-0.2, -0.15) is 9.61 Å². The predicted molar refractivity (Wildman–Crippen MR) is 107 cm³/mol. The third kappa shape index (κ3) is 3.18. The van der Waals surface area contributed by atoms with Crippen molar-refractivity contribution in [1.82, 2.24) is 19.5 Å². The minimum Gasteiger partial charge on any atom is -0.329 e. The van der Waals surface area contributed by atoms with Crippen LogP contribution in [0.25, 0.3) is 5.65 Å². The van der Waals surface area contributed by atoms with Crippen LogP contribution in [0, 0.1) is 12.7 Å². The normalized spacial score (nSPS) is 13.1. The van der Waals surface area contributed by atoms with E-state index in [0.29, 0.717) is 41.1 Å². The highest BCUT2D eigenvalue weighted by molar-refractivity contribution is 6.08. The number of carbonyl (C=O) groups is 1. The van der Waals surface area contributed by atoms with Gasteiger partial charge >= 0.3 is 0 Å². The molecule has 2 aromatic heterocycles. The molecule has 148 valence electrons. The van der Waals surface area contributed by atoms with E-state index in [1.165, 1.54) is 28.9 Å². The molecule has 9 heteroatoms. The first-order valence-corrected chi connectivity index (χ1v) is 8.91. The van der Waals surface area contributed by atoms with E-state index in [1.54, 1.807) is 6.92 Å². The van der Waals surface area contributed by atoms with Crippen LogP contribution in [0.15, 0.2) is 29.2 Å². The Labute approximate surface area is 167 Å². The molecule has 28 heavy (non-hydrogen) atoms. The summed E-state index contributed by atoms with van der Waals surface area (Å²) in [5, 5.41) is 10.2. The van der Waals surface area contributed by atoms with E-state index < -0.39 is 0 Å². The summed E-state index contributed by atoms with van der Waals surface area (Å²) in [5.74, 6) is -0.739. The number of benzene rings is 1. The zero-order valence-corrected chi connectivity index (χ0v) is 16.4. The van der Waals surface area contributed by atoms with Crippen molar-refractivity contribution in [2.75, 3.05) is 11.9 Å². The van der Waals surface area contributed by atoms with Crippen LogP contribution in [0.4, 0.5) is 10.1 Å². The van der Waals surface area contributed by atoms with Crippen molar-refractivity contribution in [3.8, 4) is 0 Å². The number of hydrogen-bond acceptors (Lipinski definition) is 4. The van der Waals surface area contributed by atoms with Crippen molar-refractivity contribution in [1.29, 1.82) is 0 Å². The smallest absolute Gasteiger partial charge is 0.279 e. The summed E-state index contributed by atoms with van der Waals surface area (Å²) in [6.07, 6.45) is 2.13. The Morgan fingerprint density at radius 3 is 2.89 bits per heavy atom. The van der Waals surface area contributed by atoms with Crippen LogP contribution in [-0.2, 0) is 19.5 Å². The van der Waals surface area contributed by atoms with Gasteiger partial charge in [-0.15, -0.1) is 12.4 Å². The summed E-state index contributed by atoms with van der Waals surface area (Å²) >= 11 is 0. The minimum absolute atomic E-state index is 0. The number of aromatic nitrogens is 3. The Balaban J connectivity index is 0.00000225. The number of aryl methyl sites for hydroxylation is 2. The molecule has 0 fully saturated rings. The standard InChI is InChI=1S/C19H20FN5O2.ClH/c1-3-24-16-6-7-21-9-13(16)19(27)25-18(24)14(10-22-25)17(26)23-15-5-4-12(20)8-11(15)2;/h4-5,8,10,21H,3,6-7,9H2,1-2H3,(H,23,26);1H. The Morgan fingerprint density at radius 1 is 1.39 bits per heavy atom. The Morgan fingerprint density at radius 2 is 2.18 bits per heavy atom. The van der Waals surface area contributed by atoms with E-state index >= 15 is 0 Å². The maximum atomic E-state index is 13.3. The van der Waals surface area contributed by atoms with Crippen molar-refractivity contribution in [2.24, 2.45) is 0 Å². The Bertz CT molecular complexity index is 1120. The molecular weight excluding hydrogens is 385 g/mol. The zero-order chi connectivity index (χ0) is 19.1. The summed E-state index contributed by atoms with van der Waals surface area (Å²) in [7, 11) is 0. The molecule has 1 amide bonds. The van der Waals surface area contributed by atoms with Crippen LogP contribution in [0.5, 0.6) is 0 Å². The fraction of sp³-hybridized carbons (Fsp3) is 0.316.